The number of fused-ring (bicyclic) bond motifs is 2. The lowest BCUT2D eigenvalue weighted by Gasteiger charge is -2.22. The molecule has 1 heterocycles. The smallest absolute Gasteiger partial charge is 0.143 e. The summed E-state index contributed by atoms with van der Waals surface area (Å²) in [5.41, 5.74) is 6.07. The molecule has 0 aliphatic carbocycles. The standard InChI is InChI=1S/C13H10BBr/c15-14-12-7-3-1-5-10(12)9-11-6-2-4-8-13(11)14/h1-8H,9H2. The lowest BCUT2D eigenvalue weighted by atomic mass is 9.56. The van der Waals surface area contributed by atoms with Crippen LogP contribution in [0.25, 0.3) is 0 Å². The molecular weight excluding hydrogens is 247 g/mol. The lowest BCUT2D eigenvalue weighted by Crippen LogP contribution is -2.44. The maximum absolute atomic E-state index is 3.79. The molecule has 0 saturated heterocycles. The molecule has 0 spiro atoms. The van der Waals surface area contributed by atoms with E-state index in [-0.39, 0.29) is 0 Å². The van der Waals surface area contributed by atoms with Crippen molar-refractivity contribution < 1.29 is 0 Å². The van der Waals surface area contributed by atoms with Gasteiger partial charge in [-0.15, -0.1) is 15.8 Å². The Labute approximate surface area is 98.4 Å². The Morgan fingerprint density at radius 3 is 1.80 bits per heavy atom. The number of halogens is 1. The van der Waals surface area contributed by atoms with Crippen molar-refractivity contribution >= 4 is 32.2 Å². The minimum absolute atomic E-state index is 0.360. The maximum atomic E-state index is 3.79. The molecule has 0 N–H and O–H groups in total. The second kappa shape index (κ2) is 3.53. The highest BCUT2D eigenvalue weighted by Gasteiger charge is 2.25. The zero-order valence-corrected chi connectivity index (χ0v) is 9.87. The van der Waals surface area contributed by atoms with Gasteiger partial charge in [-0.05, 0) is 17.5 Å². The monoisotopic (exact) mass is 256 g/mol. The molecule has 0 aromatic heterocycles. The predicted octanol–water partition coefficient (Wildman–Crippen LogP) is 2.09. The van der Waals surface area contributed by atoms with Crippen molar-refractivity contribution in [2.75, 3.05) is 0 Å². The molecule has 1 aliphatic rings. The Kier molecular flexibility index (Phi) is 2.17. The van der Waals surface area contributed by atoms with Crippen molar-refractivity contribution in [3.8, 4) is 0 Å². The molecule has 0 bridgehead atoms. The van der Waals surface area contributed by atoms with E-state index in [0.717, 1.165) is 6.42 Å². The highest BCUT2D eigenvalue weighted by molar-refractivity contribution is 9.25. The van der Waals surface area contributed by atoms with Crippen LogP contribution in [-0.4, -0.2) is 5.54 Å². The van der Waals surface area contributed by atoms with Crippen molar-refractivity contribution in [2.45, 2.75) is 6.42 Å². The predicted molar refractivity (Wildman–Crippen MR) is 69.6 cm³/mol. The first-order valence-electron chi connectivity index (χ1n) is 5.16. The number of benzene rings is 2. The van der Waals surface area contributed by atoms with Crippen LogP contribution in [0.3, 0.4) is 0 Å². The molecule has 0 unspecified atom stereocenters. The van der Waals surface area contributed by atoms with Crippen molar-refractivity contribution in [1.29, 1.82) is 0 Å². The van der Waals surface area contributed by atoms with Crippen molar-refractivity contribution in [3.63, 3.8) is 0 Å². The SMILES string of the molecule is BrB1c2ccccc2Cc2ccccc21. The van der Waals surface area contributed by atoms with Gasteiger partial charge in [0.05, 0.1) is 0 Å². The second-order valence-electron chi connectivity index (χ2n) is 3.94. The van der Waals surface area contributed by atoms with E-state index >= 15 is 0 Å². The van der Waals surface area contributed by atoms with E-state index in [1.54, 1.807) is 0 Å². The summed E-state index contributed by atoms with van der Waals surface area (Å²) in [4.78, 5) is 0. The summed E-state index contributed by atoms with van der Waals surface area (Å²) in [6.45, 7) is 0. The molecule has 72 valence electrons. The fourth-order valence-electron chi connectivity index (χ4n) is 2.26. The third kappa shape index (κ3) is 1.44. The Morgan fingerprint density at radius 2 is 1.27 bits per heavy atom. The molecule has 0 saturated carbocycles. The van der Waals surface area contributed by atoms with E-state index in [1.807, 2.05) is 0 Å². The summed E-state index contributed by atoms with van der Waals surface area (Å²) in [6.07, 6.45) is 1.06. The molecule has 3 rings (SSSR count). The molecule has 2 aromatic rings. The van der Waals surface area contributed by atoms with Gasteiger partial charge in [0.25, 0.3) is 5.54 Å². The second-order valence-corrected chi connectivity index (χ2v) is 4.85. The van der Waals surface area contributed by atoms with Gasteiger partial charge in [0, 0.05) is 0 Å². The summed E-state index contributed by atoms with van der Waals surface area (Å²) in [5, 5.41) is 0. The van der Waals surface area contributed by atoms with E-state index in [1.165, 1.54) is 22.1 Å². The van der Waals surface area contributed by atoms with E-state index < -0.39 is 0 Å². The van der Waals surface area contributed by atoms with Crippen LogP contribution in [0.15, 0.2) is 48.5 Å². The molecule has 1 aliphatic heterocycles. The molecule has 2 heteroatoms. The van der Waals surface area contributed by atoms with Gasteiger partial charge in [-0.1, -0.05) is 59.5 Å². The zero-order valence-electron chi connectivity index (χ0n) is 8.28. The quantitative estimate of drug-likeness (QED) is 0.634. The van der Waals surface area contributed by atoms with Gasteiger partial charge in [0.15, 0.2) is 0 Å². The molecule has 0 nitrogen and oxygen atoms in total. The van der Waals surface area contributed by atoms with Gasteiger partial charge in [0.2, 0.25) is 0 Å². The van der Waals surface area contributed by atoms with Crippen molar-refractivity contribution in [1.82, 2.24) is 0 Å². The van der Waals surface area contributed by atoms with E-state index in [4.69, 9.17) is 0 Å². The minimum Gasteiger partial charge on any atom is -0.143 e. The summed E-state index contributed by atoms with van der Waals surface area (Å²) in [7, 11) is 0. The average Bonchev–Trinajstić information content (AvgIpc) is 2.30. The molecule has 15 heavy (non-hydrogen) atoms. The molecular formula is C13H10BBr. The van der Waals surface area contributed by atoms with E-state index in [0.29, 0.717) is 5.54 Å². The van der Waals surface area contributed by atoms with Gasteiger partial charge < -0.3 is 0 Å². The van der Waals surface area contributed by atoms with Crippen LogP contribution in [0.2, 0.25) is 0 Å². The highest BCUT2D eigenvalue weighted by Crippen LogP contribution is 2.15. The maximum Gasteiger partial charge on any atom is 0.288 e. The topological polar surface area (TPSA) is 0 Å². The van der Waals surface area contributed by atoms with Gasteiger partial charge in [-0.2, -0.15) is 0 Å². The fourth-order valence-corrected chi connectivity index (χ4v) is 3.15. The van der Waals surface area contributed by atoms with E-state index in [2.05, 4.69) is 64.3 Å². The van der Waals surface area contributed by atoms with Gasteiger partial charge >= 0.3 is 0 Å². The lowest BCUT2D eigenvalue weighted by molar-refractivity contribution is 1.21. The normalized spacial score (nSPS) is 13.3. The van der Waals surface area contributed by atoms with Gasteiger partial charge in [-0.25, -0.2) is 0 Å². The molecule has 0 atom stereocenters. The van der Waals surface area contributed by atoms with Crippen LogP contribution < -0.4 is 10.9 Å². The Balaban J connectivity index is 2.20. The van der Waals surface area contributed by atoms with E-state index in [9.17, 15) is 0 Å². The molecule has 0 radical (unpaired) electrons. The minimum atomic E-state index is 0.360. The summed E-state index contributed by atoms with van der Waals surface area (Å²) >= 11 is 3.79. The van der Waals surface area contributed by atoms with Crippen LogP contribution in [0.4, 0.5) is 0 Å². The Bertz CT molecular complexity index is 462. The van der Waals surface area contributed by atoms with Crippen molar-refractivity contribution in [2.24, 2.45) is 0 Å². The van der Waals surface area contributed by atoms with Crippen LogP contribution in [0.5, 0.6) is 0 Å². The third-order valence-corrected chi connectivity index (χ3v) is 4.02. The molecule has 0 amide bonds. The van der Waals surface area contributed by atoms with Gasteiger partial charge in [-0.3, -0.25) is 0 Å². The molecule has 0 fully saturated rings. The Hall–Kier alpha value is -1.02. The first kappa shape index (κ1) is 9.23. The molecule has 2 aromatic carbocycles. The fraction of sp³-hybridized carbons (Fsp3) is 0.0769. The van der Waals surface area contributed by atoms with Crippen LogP contribution in [0.1, 0.15) is 11.1 Å². The summed E-state index contributed by atoms with van der Waals surface area (Å²) in [6, 6.07) is 17.3. The third-order valence-electron chi connectivity index (χ3n) is 3.04. The average molecular weight is 257 g/mol. The first-order chi connectivity index (χ1) is 7.36. The number of hydrogen-bond acceptors (Lipinski definition) is 0. The summed E-state index contributed by atoms with van der Waals surface area (Å²) in [5.74, 6) is 0. The number of hydrogen-bond donors (Lipinski definition) is 0. The highest BCUT2D eigenvalue weighted by atomic mass is 79.9. The number of rotatable bonds is 0. The Morgan fingerprint density at radius 1 is 0.800 bits per heavy atom. The van der Waals surface area contributed by atoms with Crippen molar-refractivity contribution in [3.05, 3.63) is 59.7 Å². The van der Waals surface area contributed by atoms with Crippen LogP contribution in [0, 0.1) is 0 Å². The van der Waals surface area contributed by atoms with Gasteiger partial charge in [0.1, 0.15) is 0 Å². The largest absolute Gasteiger partial charge is 0.288 e. The summed E-state index contributed by atoms with van der Waals surface area (Å²) < 4.78 is 0. The zero-order chi connectivity index (χ0) is 10.3. The van der Waals surface area contributed by atoms with Crippen LogP contribution in [-0.2, 0) is 6.42 Å². The van der Waals surface area contributed by atoms with Crippen LogP contribution >= 0.6 is 15.8 Å². The first-order valence-corrected chi connectivity index (χ1v) is 6.07.